The molecule has 3 N–H and O–H groups in total. The van der Waals surface area contributed by atoms with Crippen LogP contribution < -0.4 is 11.1 Å². The van der Waals surface area contributed by atoms with Crippen molar-refractivity contribution in [2.45, 2.75) is 12.8 Å². The molecule has 148 valence electrons. The van der Waals surface area contributed by atoms with Crippen molar-refractivity contribution in [1.82, 2.24) is 0 Å². The molecular weight excluding hydrogens is 371 g/mol. The van der Waals surface area contributed by atoms with Gasteiger partial charge in [-0.1, -0.05) is 24.3 Å². The number of ether oxygens (including phenoxy) is 1. The molecule has 3 aromatic carbocycles. The lowest BCUT2D eigenvalue weighted by molar-refractivity contribution is 0.0600. The van der Waals surface area contributed by atoms with Crippen molar-refractivity contribution in [3.05, 3.63) is 94.8 Å². The molecule has 0 atom stereocenters. The number of rotatable bonds is 6. The molecule has 0 spiro atoms. The fourth-order valence-corrected chi connectivity index (χ4v) is 2.89. The highest BCUT2D eigenvalue weighted by atomic mass is 19.1. The largest absolute Gasteiger partial charge is 0.465 e. The lowest BCUT2D eigenvalue weighted by Crippen LogP contribution is -2.14. The van der Waals surface area contributed by atoms with Gasteiger partial charge in [0.1, 0.15) is 5.82 Å². The van der Waals surface area contributed by atoms with Gasteiger partial charge in [0.05, 0.1) is 18.2 Å². The number of carbonyl (C=O) groups excluding carboxylic acids is 2. The molecule has 5 nitrogen and oxygen atoms in total. The van der Waals surface area contributed by atoms with Gasteiger partial charge in [0.15, 0.2) is 0 Å². The van der Waals surface area contributed by atoms with E-state index in [0.717, 1.165) is 30.0 Å². The molecule has 3 rings (SSSR count). The van der Waals surface area contributed by atoms with Crippen molar-refractivity contribution in [3.63, 3.8) is 0 Å². The summed E-state index contributed by atoms with van der Waals surface area (Å²) in [6.45, 7) is 0. The van der Waals surface area contributed by atoms with Crippen LogP contribution in [0.5, 0.6) is 0 Å². The number of hydrogen-bond donors (Lipinski definition) is 2. The van der Waals surface area contributed by atoms with Crippen LogP contribution in [-0.2, 0) is 17.6 Å². The maximum absolute atomic E-state index is 13.3. The van der Waals surface area contributed by atoms with Crippen LogP contribution in [0.25, 0.3) is 0 Å². The Kier molecular flexibility index (Phi) is 6.24. The van der Waals surface area contributed by atoms with E-state index >= 15 is 0 Å². The highest BCUT2D eigenvalue weighted by Crippen LogP contribution is 2.17. The minimum Gasteiger partial charge on any atom is -0.465 e. The monoisotopic (exact) mass is 392 g/mol. The topological polar surface area (TPSA) is 81.4 Å². The predicted octanol–water partition coefficient (Wildman–Crippen LogP) is 4.23. The molecule has 0 aliphatic rings. The number of amides is 1. The quantitative estimate of drug-likeness (QED) is 0.486. The molecule has 6 heteroatoms. The van der Waals surface area contributed by atoms with Gasteiger partial charge in [-0.05, 0) is 66.4 Å². The van der Waals surface area contributed by atoms with Gasteiger partial charge in [-0.25, -0.2) is 9.18 Å². The van der Waals surface area contributed by atoms with Gasteiger partial charge in [-0.2, -0.15) is 0 Å². The van der Waals surface area contributed by atoms with E-state index in [2.05, 4.69) is 5.32 Å². The number of aryl methyl sites for hydroxylation is 2. The third kappa shape index (κ3) is 5.19. The van der Waals surface area contributed by atoms with E-state index in [1.54, 1.807) is 24.3 Å². The molecule has 0 saturated carbocycles. The number of nitrogens with two attached hydrogens (primary N) is 1. The molecule has 0 fully saturated rings. The lowest BCUT2D eigenvalue weighted by atomic mass is 10.0. The average molecular weight is 392 g/mol. The minimum atomic E-state index is -0.515. The second-order valence-corrected chi connectivity index (χ2v) is 6.57. The van der Waals surface area contributed by atoms with Gasteiger partial charge in [-0.15, -0.1) is 0 Å². The second-order valence-electron chi connectivity index (χ2n) is 6.57. The zero-order chi connectivity index (χ0) is 20.8. The molecule has 0 aliphatic carbocycles. The zero-order valence-corrected chi connectivity index (χ0v) is 15.9. The van der Waals surface area contributed by atoms with Gasteiger partial charge in [0, 0.05) is 11.4 Å². The molecule has 29 heavy (non-hydrogen) atoms. The molecule has 3 aromatic rings. The standard InChI is InChI=1S/C23H21FN2O3/c1-29-23(28)17-8-4-15(5-9-17)2-3-16-6-11-19(12-7-16)26-22(27)20-14-18(24)10-13-21(20)25/h4-14H,2-3,25H2,1H3,(H,26,27). The summed E-state index contributed by atoms with van der Waals surface area (Å²) in [5, 5.41) is 2.72. The van der Waals surface area contributed by atoms with Crippen LogP contribution in [0.15, 0.2) is 66.7 Å². The van der Waals surface area contributed by atoms with E-state index in [1.807, 2.05) is 24.3 Å². The number of esters is 1. The van der Waals surface area contributed by atoms with Crippen LogP contribution in [-0.4, -0.2) is 19.0 Å². The maximum atomic E-state index is 13.3. The van der Waals surface area contributed by atoms with Crippen molar-refractivity contribution in [2.75, 3.05) is 18.2 Å². The fraction of sp³-hybridized carbons (Fsp3) is 0.130. The molecule has 0 bridgehead atoms. The fourth-order valence-electron chi connectivity index (χ4n) is 2.89. The lowest BCUT2D eigenvalue weighted by Gasteiger charge is -2.09. The first-order chi connectivity index (χ1) is 14.0. The van der Waals surface area contributed by atoms with E-state index in [0.29, 0.717) is 11.3 Å². The highest BCUT2D eigenvalue weighted by molar-refractivity contribution is 6.07. The molecule has 0 saturated heterocycles. The SMILES string of the molecule is COC(=O)c1ccc(CCc2ccc(NC(=O)c3cc(F)ccc3N)cc2)cc1. The number of nitrogen functional groups attached to an aromatic ring is 1. The molecule has 0 heterocycles. The summed E-state index contributed by atoms with van der Waals surface area (Å²) in [5.41, 5.74) is 9.40. The third-order valence-corrected chi connectivity index (χ3v) is 4.55. The van der Waals surface area contributed by atoms with Crippen LogP contribution in [0, 0.1) is 5.82 Å². The number of methoxy groups -OCH3 is 1. The maximum Gasteiger partial charge on any atom is 0.337 e. The average Bonchev–Trinajstić information content (AvgIpc) is 2.74. The van der Waals surface area contributed by atoms with Gasteiger partial charge in [0.2, 0.25) is 0 Å². The summed E-state index contributed by atoms with van der Waals surface area (Å²) in [5.74, 6) is -1.33. The van der Waals surface area contributed by atoms with Crippen LogP contribution >= 0.6 is 0 Å². The minimum absolute atomic E-state index is 0.101. The Bertz CT molecular complexity index is 1020. The Hall–Kier alpha value is -3.67. The van der Waals surface area contributed by atoms with Crippen molar-refractivity contribution >= 4 is 23.3 Å². The summed E-state index contributed by atoms with van der Waals surface area (Å²) in [6.07, 6.45) is 1.62. The van der Waals surface area contributed by atoms with Crippen molar-refractivity contribution in [1.29, 1.82) is 0 Å². The normalized spacial score (nSPS) is 10.4. The smallest absolute Gasteiger partial charge is 0.337 e. The van der Waals surface area contributed by atoms with Gasteiger partial charge in [0.25, 0.3) is 5.91 Å². The number of nitrogens with one attached hydrogen (secondary N) is 1. The van der Waals surface area contributed by atoms with Crippen LogP contribution in [0.1, 0.15) is 31.8 Å². The van der Waals surface area contributed by atoms with E-state index in [-0.39, 0.29) is 17.2 Å². The van der Waals surface area contributed by atoms with E-state index in [1.165, 1.54) is 19.2 Å². The van der Waals surface area contributed by atoms with Gasteiger partial charge in [-0.3, -0.25) is 4.79 Å². The molecule has 0 radical (unpaired) electrons. The molecule has 0 aliphatic heterocycles. The number of carbonyl (C=O) groups is 2. The first kappa shape index (κ1) is 20.1. The van der Waals surface area contributed by atoms with E-state index in [9.17, 15) is 14.0 Å². The number of hydrogen-bond acceptors (Lipinski definition) is 4. The van der Waals surface area contributed by atoms with Crippen LogP contribution in [0.4, 0.5) is 15.8 Å². The number of benzene rings is 3. The molecule has 0 aromatic heterocycles. The van der Waals surface area contributed by atoms with Crippen LogP contribution in [0.3, 0.4) is 0 Å². The predicted molar refractivity (Wildman–Crippen MR) is 110 cm³/mol. The third-order valence-electron chi connectivity index (χ3n) is 4.55. The Balaban J connectivity index is 1.58. The Morgan fingerprint density at radius 3 is 2.10 bits per heavy atom. The molecular formula is C23H21FN2O3. The van der Waals surface area contributed by atoms with E-state index in [4.69, 9.17) is 10.5 Å². The molecule has 1 amide bonds. The Morgan fingerprint density at radius 1 is 0.931 bits per heavy atom. The zero-order valence-electron chi connectivity index (χ0n) is 15.9. The van der Waals surface area contributed by atoms with Crippen molar-refractivity contribution < 1.29 is 18.7 Å². The summed E-state index contributed by atoms with van der Waals surface area (Å²) in [7, 11) is 1.36. The Morgan fingerprint density at radius 2 is 1.52 bits per heavy atom. The summed E-state index contributed by atoms with van der Waals surface area (Å²) >= 11 is 0. The first-order valence-electron chi connectivity index (χ1n) is 9.09. The number of halogens is 1. The summed E-state index contributed by atoms with van der Waals surface area (Å²) in [4.78, 5) is 23.7. The van der Waals surface area contributed by atoms with Gasteiger partial charge < -0.3 is 15.8 Å². The highest BCUT2D eigenvalue weighted by Gasteiger charge is 2.11. The second kappa shape index (κ2) is 9.01. The summed E-state index contributed by atoms with van der Waals surface area (Å²) < 4.78 is 18.0. The van der Waals surface area contributed by atoms with E-state index < -0.39 is 11.7 Å². The number of anilines is 2. The molecule has 0 unspecified atom stereocenters. The van der Waals surface area contributed by atoms with Crippen LogP contribution in [0.2, 0.25) is 0 Å². The van der Waals surface area contributed by atoms with Crippen molar-refractivity contribution in [2.24, 2.45) is 0 Å². The van der Waals surface area contributed by atoms with Gasteiger partial charge >= 0.3 is 5.97 Å². The first-order valence-corrected chi connectivity index (χ1v) is 9.09. The Labute approximate surface area is 168 Å². The van der Waals surface area contributed by atoms with Crippen molar-refractivity contribution in [3.8, 4) is 0 Å². The summed E-state index contributed by atoms with van der Waals surface area (Å²) in [6, 6.07) is 18.4.